The van der Waals surface area contributed by atoms with Crippen LogP contribution in [0.5, 0.6) is 0 Å². The summed E-state index contributed by atoms with van der Waals surface area (Å²) in [6.45, 7) is 2.73. The molecule has 1 fully saturated rings. The van der Waals surface area contributed by atoms with E-state index in [9.17, 15) is 22.8 Å². The zero-order valence-corrected chi connectivity index (χ0v) is 18.7. The molecule has 180 valence electrons. The summed E-state index contributed by atoms with van der Waals surface area (Å²) in [6.07, 6.45) is -3.88. The van der Waals surface area contributed by atoms with Gasteiger partial charge in [-0.1, -0.05) is 16.8 Å². The predicted molar refractivity (Wildman–Crippen MR) is 116 cm³/mol. The summed E-state index contributed by atoms with van der Waals surface area (Å²) in [7, 11) is 0. The maximum Gasteiger partial charge on any atom is 0.434 e. The van der Waals surface area contributed by atoms with E-state index >= 15 is 0 Å². The Morgan fingerprint density at radius 1 is 1.15 bits per heavy atom. The van der Waals surface area contributed by atoms with Crippen molar-refractivity contribution >= 4 is 29.2 Å². The van der Waals surface area contributed by atoms with Gasteiger partial charge >= 0.3 is 6.18 Å². The van der Waals surface area contributed by atoms with Gasteiger partial charge in [0.05, 0.1) is 24.0 Å². The van der Waals surface area contributed by atoms with Crippen LogP contribution in [-0.4, -0.2) is 69.3 Å². The van der Waals surface area contributed by atoms with E-state index in [1.165, 1.54) is 29.2 Å². The number of rotatable bonds is 5. The minimum absolute atomic E-state index is 0.0518. The van der Waals surface area contributed by atoms with E-state index in [1.807, 2.05) is 0 Å². The quantitative estimate of drug-likeness (QED) is 0.582. The SMILES string of the molecule is Cc1cc(NC(=O)CN2CCN(C(=O)c3cnn(-c4ccc(Cl)cc4)c3C(F)(F)F)CC2)no1. The highest BCUT2D eigenvalue weighted by Crippen LogP contribution is 2.34. The number of hydrogen-bond acceptors (Lipinski definition) is 6. The molecule has 0 spiro atoms. The van der Waals surface area contributed by atoms with Crippen LogP contribution >= 0.6 is 11.6 Å². The van der Waals surface area contributed by atoms with Crippen LogP contribution in [0.1, 0.15) is 21.8 Å². The number of alkyl halides is 3. The van der Waals surface area contributed by atoms with Crippen molar-refractivity contribution in [2.24, 2.45) is 0 Å². The van der Waals surface area contributed by atoms with E-state index < -0.39 is 23.3 Å². The third-order valence-electron chi connectivity index (χ3n) is 5.26. The second kappa shape index (κ2) is 9.47. The molecule has 0 aliphatic carbocycles. The van der Waals surface area contributed by atoms with Gasteiger partial charge in [-0.15, -0.1) is 0 Å². The normalized spacial score (nSPS) is 14.9. The summed E-state index contributed by atoms with van der Waals surface area (Å²) in [6, 6.07) is 7.25. The van der Waals surface area contributed by atoms with Crippen molar-refractivity contribution in [2.75, 3.05) is 38.0 Å². The molecule has 2 aromatic heterocycles. The maximum absolute atomic E-state index is 13.9. The van der Waals surface area contributed by atoms with Gasteiger partial charge < -0.3 is 14.7 Å². The summed E-state index contributed by atoms with van der Waals surface area (Å²) in [5, 5.41) is 10.5. The van der Waals surface area contributed by atoms with E-state index in [0.717, 1.165) is 6.20 Å². The van der Waals surface area contributed by atoms with Crippen molar-refractivity contribution in [3.63, 3.8) is 0 Å². The Bertz CT molecular complexity index is 1180. The van der Waals surface area contributed by atoms with Gasteiger partial charge in [-0.3, -0.25) is 14.5 Å². The molecule has 0 radical (unpaired) electrons. The predicted octanol–water partition coefficient (Wildman–Crippen LogP) is 3.24. The molecule has 3 heterocycles. The average molecular weight is 497 g/mol. The van der Waals surface area contributed by atoms with Crippen molar-refractivity contribution < 1.29 is 27.3 Å². The number of aromatic nitrogens is 3. The summed E-state index contributed by atoms with van der Waals surface area (Å²) >= 11 is 5.82. The van der Waals surface area contributed by atoms with Gasteiger partial charge in [0.25, 0.3) is 5.91 Å². The van der Waals surface area contributed by atoms with Crippen LogP contribution in [0.25, 0.3) is 5.69 Å². The molecule has 1 aromatic carbocycles. The smallest absolute Gasteiger partial charge is 0.360 e. The zero-order chi connectivity index (χ0) is 24.5. The van der Waals surface area contributed by atoms with E-state index in [1.54, 1.807) is 17.9 Å². The number of amides is 2. The third kappa shape index (κ3) is 5.23. The van der Waals surface area contributed by atoms with Gasteiger partial charge in [0.2, 0.25) is 5.91 Å². The molecule has 1 aliphatic heterocycles. The summed E-state index contributed by atoms with van der Waals surface area (Å²) in [5.41, 5.74) is -1.55. The Balaban J connectivity index is 1.43. The first-order valence-electron chi connectivity index (χ1n) is 10.3. The van der Waals surface area contributed by atoms with E-state index in [4.69, 9.17) is 16.1 Å². The van der Waals surface area contributed by atoms with Gasteiger partial charge in [-0.2, -0.15) is 18.3 Å². The van der Waals surface area contributed by atoms with E-state index in [2.05, 4.69) is 15.6 Å². The molecule has 0 saturated carbocycles. The molecule has 4 rings (SSSR count). The van der Waals surface area contributed by atoms with Crippen molar-refractivity contribution in [1.82, 2.24) is 24.7 Å². The van der Waals surface area contributed by atoms with Crippen molar-refractivity contribution in [3.8, 4) is 5.69 Å². The number of aryl methyl sites for hydroxylation is 1. The third-order valence-corrected chi connectivity index (χ3v) is 5.51. The first-order valence-corrected chi connectivity index (χ1v) is 10.7. The molecule has 1 N–H and O–H groups in total. The highest BCUT2D eigenvalue weighted by molar-refractivity contribution is 6.30. The number of nitrogens with zero attached hydrogens (tertiary/aromatic N) is 5. The summed E-state index contributed by atoms with van der Waals surface area (Å²) in [4.78, 5) is 28.3. The van der Waals surface area contributed by atoms with Crippen molar-refractivity contribution in [3.05, 3.63) is 58.6 Å². The first kappa shape index (κ1) is 23.8. The fraction of sp³-hybridized carbons (Fsp3) is 0.333. The van der Waals surface area contributed by atoms with Crippen LogP contribution in [0.15, 0.2) is 41.1 Å². The fourth-order valence-corrected chi connectivity index (χ4v) is 3.77. The Morgan fingerprint density at radius 2 is 1.82 bits per heavy atom. The molecule has 0 bridgehead atoms. The van der Waals surface area contributed by atoms with Crippen molar-refractivity contribution in [1.29, 1.82) is 0 Å². The number of piperazine rings is 1. The molecular formula is C21H20ClF3N6O3. The van der Waals surface area contributed by atoms with Crippen LogP contribution in [0, 0.1) is 6.92 Å². The van der Waals surface area contributed by atoms with Gasteiger partial charge in [0.1, 0.15) is 5.76 Å². The summed E-state index contributed by atoms with van der Waals surface area (Å²) < 4.78 is 47.3. The Hall–Kier alpha value is -3.38. The largest absolute Gasteiger partial charge is 0.434 e. The van der Waals surface area contributed by atoms with E-state index in [-0.39, 0.29) is 31.2 Å². The molecule has 34 heavy (non-hydrogen) atoms. The second-order valence-corrected chi connectivity index (χ2v) is 8.17. The molecule has 1 saturated heterocycles. The molecule has 13 heteroatoms. The van der Waals surface area contributed by atoms with Gasteiger partial charge in [0, 0.05) is 37.3 Å². The fourth-order valence-electron chi connectivity index (χ4n) is 3.65. The molecule has 1 aliphatic rings. The number of hydrogen-bond donors (Lipinski definition) is 1. The number of nitrogens with one attached hydrogen (secondary N) is 1. The van der Waals surface area contributed by atoms with Gasteiger partial charge in [-0.05, 0) is 31.2 Å². The Kier molecular flexibility index (Phi) is 6.62. The van der Waals surface area contributed by atoms with Crippen LogP contribution < -0.4 is 5.32 Å². The van der Waals surface area contributed by atoms with Crippen LogP contribution in [0.2, 0.25) is 5.02 Å². The minimum Gasteiger partial charge on any atom is -0.360 e. The van der Waals surface area contributed by atoms with E-state index in [0.29, 0.717) is 34.4 Å². The number of carbonyl (C=O) groups is 2. The number of carbonyl (C=O) groups excluding carboxylic acids is 2. The topological polar surface area (TPSA) is 96.5 Å². The lowest BCUT2D eigenvalue weighted by molar-refractivity contribution is -0.143. The second-order valence-electron chi connectivity index (χ2n) is 7.73. The maximum atomic E-state index is 13.9. The number of halogens is 4. The Labute approximate surface area is 197 Å². The van der Waals surface area contributed by atoms with Gasteiger partial charge in [-0.25, -0.2) is 4.68 Å². The highest BCUT2D eigenvalue weighted by Gasteiger charge is 2.41. The molecular weight excluding hydrogens is 477 g/mol. The standard InChI is InChI=1S/C21H20ClF3N6O3/c1-13-10-17(28-34-13)27-18(32)12-29-6-8-30(9-7-29)20(33)16-11-26-31(19(16)21(23,24)25)15-4-2-14(22)3-5-15/h2-5,10-11H,6-9,12H2,1H3,(H,27,28,32). The van der Waals surface area contributed by atoms with Crippen LogP contribution in [0.4, 0.5) is 19.0 Å². The van der Waals surface area contributed by atoms with Crippen LogP contribution in [0.3, 0.4) is 0 Å². The molecule has 2 amide bonds. The highest BCUT2D eigenvalue weighted by atomic mass is 35.5. The molecule has 9 nitrogen and oxygen atoms in total. The summed E-state index contributed by atoms with van der Waals surface area (Å²) in [5.74, 6) is -0.222. The first-order chi connectivity index (χ1) is 16.1. The minimum atomic E-state index is -4.81. The number of anilines is 1. The Morgan fingerprint density at radius 3 is 2.41 bits per heavy atom. The molecule has 0 unspecified atom stereocenters. The number of benzene rings is 1. The van der Waals surface area contributed by atoms with Gasteiger partial charge in [0.15, 0.2) is 11.5 Å². The van der Waals surface area contributed by atoms with Crippen molar-refractivity contribution in [2.45, 2.75) is 13.1 Å². The monoisotopic (exact) mass is 496 g/mol. The van der Waals surface area contributed by atoms with Crippen LogP contribution in [-0.2, 0) is 11.0 Å². The zero-order valence-electron chi connectivity index (χ0n) is 18.0. The average Bonchev–Trinajstić information content (AvgIpc) is 3.40. The molecule has 3 aromatic rings. The lowest BCUT2D eigenvalue weighted by atomic mass is 10.1. The lowest BCUT2D eigenvalue weighted by Gasteiger charge is -2.34. The molecule has 0 atom stereocenters. The lowest BCUT2D eigenvalue weighted by Crippen LogP contribution is -2.50.